The van der Waals surface area contributed by atoms with Crippen LogP contribution in [0.25, 0.3) is 28.2 Å². The summed E-state index contributed by atoms with van der Waals surface area (Å²) >= 11 is 0. The zero-order valence-corrected chi connectivity index (χ0v) is 17.5. The van der Waals surface area contributed by atoms with Gasteiger partial charge in [-0.1, -0.05) is 60.7 Å². The van der Waals surface area contributed by atoms with Gasteiger partial charge in [-0.15, -0.1) is 0 Å². The number of nitriles is 1. The van der Waals surface area contributed by atoms with Crippen molar-refractivity contribution in [1.82, 2.24) is 4.57 Å². The number of aryl methyl sites for hydroxylation is 1. The molecule has 4 heteroatoms. The van der Waals surface area contributed by atoms with E-state index in [0.29, 0.717) is 12.2 Å². The van der Waals surface area contributed by atoms with Gasteiger partial charge in [0.1, 0.15) is 17.4 Å². The molecule has 1 heterocycles. The Morgan fingerprint density at radius 3 is 2.35 bits per heavy atom. The Balaban J connectivity index is 1.85. The average molecular weight is 406 g/mol. The van der Waals surface area contributed by atoms with Crippen LogP contribution in [-0.2, 0) is 7.05 Å². The molecule has 3 aromatic carbocycles. The first-order valence-electron chi connectivity index (χ1n) is 10.2. The van der Waals surface area contributed by atoms with Crippen LogP contribution in [0.4, 0.5) is 0 Å². The molecule has 4 nitrogen and oxygen atoms in total. The van der Waals surface area contributed by atoms with Gasteiger partial charge < -0.3 is 9.30 Å². The minimum Gasteiger partial charge on any atom is -0.494 e. The number of hydrogen-bond donors (Lipinski definition) is 0. The normalized spacial score (nSPS) is 11.3. The Hall–Kier alpha value is -4.10. The highest BCUT2D eigenvalue weighted by Gasteiger charge is 2.24. The molecule has 0 aliphatic carbocycles. The number of Topliss-reactive ketones (excluding diaryl/α,β-unsaturated/α-hetero) is 1. The van der Waals surface area contributed by atoms with E-state index in [1.165, 1.54) is 0 Å². The monoisotopic (exact) mass is 406 g/mol. The maximum absolute atomic E-state index is 13.6. The average Bonchev–Trinajstić information content (AvgIpc) is 3.11. The number of hydrogen-bond acceptors (Lipinski definition) is 3. The summed E-state index contributed by atoms with van der Waals surface area (Å²) in [4.78, 5) is 13.6. The highest BCUT2D eigenvalue weighted by Crippen LogP contribution is 2.34. The molecule has 0 aliphatic rings. The lowest BCUT2D eigenvalue weighted by Crippen LogP contribution is -2.05. The summed E-state index contributed by atoms with van der Waals surface area (Å²) in [5, 5.41) is 10.7. The van der Waals surface area contributed by atoms with Crippen LogP contribution in [0.5, 0.6) is 5.75 Å². The number of rotatable bonds is 6. The van der Waals surface area contributed by atoms with Crippen molar-refractivity contribution < 1.29 is 9.53 Å². The van der Waals surface area contributed by atoms with E-state index in [2.05, 4.69) is 6.07 Å². The molecule has 0 bridgehead atoms. The molecule has 0 aliphatic heterocycles. The molecule has 152 valence electrons. The minimum absolute atomic E-state index is 0.0951. The summed E-state index contributed by atoms with van der Waals surface area (Å²) in [6, 6.07) is 27.0. The molecular weight excluding hydrogens is 384 g/mol. The maximum Gasteiger partial charge on any atom is 0.206 e. The molecule has 0 saturated heterocycles. The lowest BCUT2D eigenvalue weighted by atomic mass is 9.96. The van der Waals surface area contributed by atoms with Crippen LogP contribution in [0.3, 0.4) is 0 Å². The molecular formula is C27H22N2O2. The zero-order valence-electron chi connectivity index (χ0n) is 17.5. The van der Waals surface area contributed by atoms with Crippen LogP contribution >= 0.6 is 0 Å². The van der Waals surface area contributed by atoms with Crippen molar-refractivity contribution in [3.05, 3.63) is 95.6 Å². The molecule has 31 heavy (non-hydrogen) atoms. The first kappa shape index (κ1) is 20.2. The van der Waals surface area contributed by atoms with Crippen LogP contribution in [-0.4, -0.2) is 17.0 Å². The Morgan fingerprint density at radius 1 is 1.00 bits per heavy atom. The van der Waals surface area contributed by atoms with Crippen molar-refractivity contribution in [2.24, 2.45) is 7.05 Å². The summed E-state index contributed by atoms with van der Waals surface area (Å²) in [6.45, 7) is 2.51. The number of ether oxygens (including phenoxy) is 1. The fourth-order valence-electron chi connectivity index (χ4n) is 3.83. The predicted molar refractivity (Wildman–Crippen MR) is 124 cm³/mol. The smallest absolute Gasteiger partial charge is 0.206 e. The number of allylic oxidation sites excluding steroid dienone is 1. The number of carbonyl (C=O) groups is 1. The number of nitrogens with zero attached hydrogens (tertiary/aromatic N) is 2. The van der Waals surface area contributed by atoms with Crippen LogP contribution in [0.15, 0.2) is 84.4 Å². The number of aromatic nitrogens is 1. The molecule has 0 spiro atoms. The minimum atomic E-state index is -0.285. The molecule has 0 amide bonds. The summed E-state index contributed by atoms with van der Waals surface area (Å²) in [6.07, 6.45) is 1.63. The Bertz CT molecular complexity index is 1310. The van der Waals surface area contributed by atoms with E-state index in [1.807, 2.05) is 97.4 Å². The molecule has 0 unspecified atom stereocenters. The third-order valence-corrected chi connectivity index (χ3v) is 5.25. The van der Waals surface area contributed by atoms with Gasteiger partial charge in [-0.25, -0.2) is 0 Å². The van der Waals surface area contributed by atoms with Crippen LogP contribution in [0.2, 0.25) is 0 Å². The molecule has 4 aromatic rings. The molecule has 0 fully saturated rings. The first-order valence-corrected chi connectivity index (χ1v) is 10.2. The van der Waals surface area contributed by atoms with E-state index in [0.717, 1.165) is 33.5 Å². The Labute approximate surface area is 181 Å². The van der Waals surface area contributed by atoms with Gasteiger partial charge >= 0.3 is 0 Å². The Morgan fingerprint density at radius 2 is 1.68 bits per heavy atom. The summed E-state index contributed by atoms with van der Waals surface area (Å²) in [5.74, 6) is 0.469. The lowest BCUT2D eigenvalue weighted by Gasteiger charge is -2.08. The van der Waals surface area contributed by atoms with Gasteiger partial charge in [0.25, 0.3) is 0 Å². The van der Waals surface area contributed by atoms with Gasteiger partial charge in [0.15, 0.2) is 0 Å². The van der Waals surface area contributed by atoms with E-state index in [1.54, 1.807) is 6.08 Å². The number of carbonyl (C=O) groups excluding carboxylic acids is 1. The van der Waals surface area contributed by atoms with E-state index < -0.39 is 0 Å². The largest absolute Gasteiger partial charge is 0.494 e. The van der Waals surface area contributed by atoms with Crippen molar-refractivity contribution >= 4 is 22.8 Å². The van der Waals surface area contributed by atoms with Crippen molar-refractivity contribution in [1.29, 1.82) is 5.26 Å². The van der Waals surface area contributed by atoms with E-state index in [-0.39, 0.29) is 11.4 Å². The van der Waals surface area contributed by atoms with Crippen molar-refractivity contribution in [3.8, 4) is 23.1 Å². The first-order chi connectivity index (χ1) is 15.1. The van der Waals surface area contributed by atoms with Gasteiger partial charge in [0.05, 0.1) is 17.9 Å². The van der Waals surface area contributed by atoms with Crippen LogP contribution in [0.1, 0.15) is 22.8 Å². The second kappa shape index (κ2) is 8.73. The molecule has 0 atom stereocenters. The summed E-state index contributed by atoms with van der Waals surface area (Å²) in [5.41, 5.74) is 4.10. The summed E-state index contributed by atoms with van der Waals surface area (Å²) < 4.78 is 7.49. The second-order valence-corrected chi connectivity index (χ2v) is 7.17. The lowest BCUT2D eigenvalue weighted by molar-refractivity contribution is 0.104. The maximum atomic E-state index is 13.6. The number of ketones is 1. The highest BCUT2D eigenvalue weighted by atomic mass is 16.5. The molecule has 0 N–H and O–H groups in total. The van der Waals surface area contributed by atoms with Crippen molar-refractivity contribution in [3.63, 3.8) is 0 Å². The zero-order chi connectivity index (χ0) is 21.8. The van der Waals surface area contributed by atoms with E-state index in [9.17, 15) is 10.1 Å². The Kier molecular flexibility index (Phi) is 5.68. The van der Waals surface area contributed by atoms with Gasteiger partial charge in [-0.05, 0) is 42.3 Å². The SMILES string of the molecule is CCOc1ccc(/C=C(\C#N)C(=O)c2c(-c3ccccc3)n(C)c3ccccc23)cc1. The standard InChI is InChI=1S/C27H22N2O2/c1-3-31-22-15-13-19(14-16-22)17-21(18-28)27(30)25-23-11-7-8-12-24(23)29(2)26(25)20-9-5-4-6-10-20/h4-17H,3H2,1-2H3/b21-17+. The van der Waals surface area contributed by atoms with Crippen LogP contribution < -0.4 is 4.74 Å². The fraction of sp³-hybridized carbons (Fsp3) is 0.111. The highest BCUT2D eigenvalue weighted by molar-refractivity contribution is 6.23. The van der Waals surface area contributed by atoms with E-state index >= 15 is 0 Å². The predicted octanol–water partition coefficient (Wildman–Crippen LogP) is 6.03. The third-order valence-electron chi connectivity index (χ3n) is 5.25. The fourth-order valence-corrected chi connectivity index (χ4v) is 3.83. The van der Waals surface area contributed by atoms with Gasteiger partial charge in [-0.2, -0.15) is 5.26 Å². The van der Waals surface area contributed by atoms with Gasteiger partial charge in [0.2, 0.25) is 5.78 Å². The van der Waals surface area contributed by atoms with Crippen LogP contribution in [0, 0.1) is 11.3 Å². The molecule has 0 saturated carbocycles. The summed E-state index contributed by atoms with van der Waals surface area (Å²) in [7, 11) is 1.95. The second-order valence-electron chi connectivity index (χ2n) is 7.17. The molecule has 4 rings (SSSR count). The molecule has 0 radical (unpaired) electrons. The number of benzene rings is 3. The van der Waals surface area contributed by atoms with E-state index in [4.69, 9.17) is 4.74 Å². The molecule has 1 aromatic heterocycles. The number of para-hydroxylation sites is 1. The van der Waals surface area contributed by atoms with Crippen molar-refractivity contribution in [2.75, 3.05) is 6.61 Å². The van der Waals surface area contributed by atoms with Gasteiger partial charge in [-0.3, -0.25) is 4.79 Å². The topological polar surface area (TPSA) is 55.0 Å². The number of fused-ring (bicyclic) bond motifs is 1. The van der Waals surface area contributed by atoms with Crippen molar-refractivity contribution in [2.45, 2.75) is 6.92 Å². The third kappa shape index (κ3) is 3.86. The van der Waals surface area contributed by atoms with Gasteiger partial charge in [0, 0.05) is 18.0 Å². The quantitative estimate of drug-likeness (QED) is 0.223.